The summed E-state index contributed by atoms with van der Waals surface area (Å²) in [5, 5.41) is 3.00. The molecule has 5 nitrogen and oxygen atoms in total. The molecule has 0 radical (unpaired) electrons. The number of rotatable bonds is 16. The average Bonchev–Trinajstić information content (AvgIpc) is 2.73. The van der Waals surface area contributed by atoms with Crippen molar-refractivity contribution in [2.24, 2.45) is 0 Å². The van der Waals surface area contributed by atoms with Crippen LogP contribution in [-0.4, -0.2) is 36.3 Å². The van der Waals surface area contributed by atoms with Crippen molar-refractivity contribution in [1.29, 1.82) is 0 Å². The molecule has 0 saturated carbocycles. The van der Waals surface area contributed by atoms with Crippen LogP contribution in [-0.2, 0) is 11.3 Å². The SMILES string of the molecule is CCCCCCCCCCCCNC(=O)C[n+]1cccc(C(=O)N(CC)CC)c1.Cl. The first-order valence-electron chi connectivity index (χ1n) is 11.7. The molecule has 0 spiro atoms. The molecule has 0 aliphatic rings. The van der Waals surface area contributed by atoms with Crippen molar-refractivity contribution in [2.75, 3.05) is 19.6 Å². The van der Waals surface area contributed by atoms with E-state index >= 15 is 0 Å². The smallest absolute Gasteiger partial charge is 0.285 e. The molecule has 0 aliphatic carbocycles. The number of unbranched alkanes of at least 4 members (excludes halogenated alkanes) is 9. The van der Waals surface area contributed by atoms with E-state index in [1.54, 1.807) is 21.7 Å². The molecular weight excluding hydrogens is 398 g/mol. The minimum atomic E-state index is -0.00152. The fraction of sp³-hybridized carbons (Fsp3) is 0.708. The first kappa shape index (κ1) is 28.4. The molecule has 172 valence electrons. The minimum Gasteiger partial charge on any atom is -0.351 e. The summed E-state index contributed by atoms with van der Waals surface area (Å²) in [5.74, 6) is 0.00786. The Bertz CT molecular complexity index is 592. The summed E-state index contributed by atoms with van der Waals surface area (Å²) in [6, 6.07) is 3.63. The van der Waals surface area contributed by atoms with Gasteiger partial charge in [0.05, 0.1) is 0 Å². The van der Waals surface area contributed by atoms with Gasteiger partial charge in [0.2, 0.25) is 6.54 Å². The van der Waals surface area contributed by atoms with Gasteiger partial charge in [-0.15, -0.1) is 12.4 Å². The number of halogens is 1. The number of nitrogens with zero attached hydrogens (tertiary/aromatic N) is 2. The summed E-state index contributed by atoms with van der Waals surface area (Å²) in [7, 11) is 0. The number of hydrogen-bond donors (Lipinski definition) is 1. The Hall–Kier alpha value is -1.62. The third-order valence-electron chi connectivity index (χ3n) is 5.33. The van der Waals surface area contributed by atoms with E-state index in [0.717, 1.165) is 13.0 Å². The number of nitrogens with one attached hydrogen (secondary N) is 1. The highest BCUT2D eigenvalue weighted by Crippen LogP contribution is 2.10. The number of aromatic nitrogens is 1. The highest BCUT2D eigenvalue weighted by molar-refractivity contribution is 5.93. The van der Waals surface area contributed by atoms with E-state index in [4.69, 9.17) is 0 Å². The van der Waals surface area contributed by atoms with Crippen molar-refractivity contribution in [1.82, 2.24) is 10.2 Å². The Morgan fingerprint density at radius 2 is 1.47 bits per heavy atom. The van der Waals surface area contributed by atoms with Crippen LogP contribution in [0.15, 0.2) is 24.5 Å². The number of carbonyl (C=O) groups excluding carboxylic acids is 2. The standard InChI is InChI=1S/C24H41N3O2.ClH/c1-4-7-8-9-10-11-12-13-14-15-18-25-23(28)21-26-19-16-17-22(20-26)24(29)27(5-2)6-3;/h16-17,19-20H,4-15,18,21H2,1-3H3;1H/p+1. The van der Waals surface area contributed by atoms with E-state index in [2.05, 4.69) is 12.2 Å². The molecule has 1 rings (SSSR count). The van der Waals surface area contributed by atoms with Crippen LogP contribution in [0.25, 0.3) is 0 Å². The molecule has 0 fully saturated rings. The summed E-state index contributed by atoms with van der Waals surface area (Å²) < 4.78 is 1.78. The van der Waals surface area contributed by atoms with Gasteiger partial charge >= 0.3 is 0 Å². The quantitative estimate of drug-likeness (QED) is 0.293. The van der Waals surface area contributed by atoms with Crippen molar-refractivity contribution in [3.8, 4) is 0 Å². The molecule has 0 aliphatic heterocycles. The summed E-state index contributed by atoms with van der Waals surface area (Å²) in [6.07, 6.45) is 16.5. The Morgan fingerprint density at radius 1 is 0.900 bits per heavy atom. The zero-order valence-electron chi connectivity index (χ0n) is 19.3. The molecule has 1 N–H and O–H groups in total. The van der Waals surface area contributed by atoms with Gasteiger partial charge in [-0.2, -0.15) is 4.57 Å². The largest absolute Gasteiger partial charge is 0.351 e. The Balaban J connectivity index is 0.00000841. The number of amides is 2. The van der Waals surface area contributed by atoms with Gasteiger partial charge < -0.3 is 10.2 Å². The van der Waals surface area contributed by atoms with Crippen LogP contribution < -0.4 is 9.88 Å². The van der Waals surface area contributed by atoms with Crippen molar-refractivity contribution in [3.63, 3.8) is 0 Å². The molecule has 0 unspecified atom stereocenters. The van der Waals surface area contributed by atoms with E-state index in [1.165, 1.54) is 57.8 Å². The van der Waals surface area contributed by atoms with Crippen molar-refractivity contribution >= 4 is 24.2 Å². The van der Waals surface area contributed by atoms with E-state index in [-0.39, 0.29) is 30.8 Å². The maximum atomic E-state index is 12.4. The van der Waals surface area contributed by atoms with Gasteiger partial charge in [-0.05, 0) is 26.3 Å². The zero-order chi connectivity index (χ0) is 21.3. The van der Waals surface area contributed by atoms with Crippen LogP contribution in [0.5, 0.6) is 0 Å². The highest BCUT2D eigenvalue weighted by Gasteiger charge is 2.17. The lowest BCUT2D eigenvalue weighted by Crippen LogP contribution is -2.43. The fourth-order valence-electron chi connectivity index (χ4n) is 3.50. The summed E-state index contributed by atoms with van der Waals surface area (Å²) in [5.41, 5.74) is 0.624. The van der Waals surface area contributed by atoms with Crippen molar-refractivity contribution in [2.45, 2.75) is 91.5 Å². The number of hydrogen-bond acceptors (Lipinski definition) is 2. The van der Waals surface area contributed by atoms with E-state index < -0.39 is 0 Å². The van der Waals surface area contributed by atoms with E-state index in [9.17, 15) is 9.59 Å². The first-order chi connectivity index (χ1) is 14.1. The van der Waals surface area contributed by atoms with Gasteiger partial charge in [-0.1, -0.05) is 64.7 Å². The molecule has 0 atom stereocenters. The van der Waals surface area contributed by atoms with Crippen LogP contribution in [0.3, 0.4) is 0 Å². The lowest BCUT2D eigenvalue weighted by atomic mass is 10.1. The van der Waals surface area contributed by atoms with Gasteiger partial charge in [0, 0.05) is 25.7 Å². The zero-order valence-corrected chi connectivity index (χ0v) is 20.1. The Labute approximate surface area is 190 Å². The second-order valence-electron chi connectivity index (χ2n) is 7.77. The number of pyridine rings is 1. The highest BCUT2D eigenvalue weighted by atomic mass is 35.5. The third kappa shape index (κ3) is 12.2. The molecule has 2 amide bonds. The fourth-order valence-corrected chi connectivity index (χ4v) is 3.50. The van der Waals surface area contributed by atoms with E-state index in [0.29, 0.717) is 18.7 Å². The topological polar surface area (TPSA) is 53.3 Å². The molecule has 1 heterocycles. The van der Waals surface area contributed by atoms with Crippen LogP contribution in [0.4, 0.5) is 0 Å². The second-order valence-corrected chi connectivity index (χ2v) is 7.77. The lowest BCUT2D eigenvalue weighted by molar-refractivity contribution is -0.684. The normalized spacial score (nSPS) is 10.4. The van der Waals surface area contributed by atoms with Crippen molar-refractivity contribution in [3.05, 3.63) is 30.1 Å². The number of carbonyl (C=O) groups is 2. The monoisotopic (exact) mass is 440 g/mol. The van der Waals surface area contributed by atoms with E-state index in [1.807, 2.05) is 26.1 Å². The second kappa shape index (κ2) is 18.2. The molecule has 0 saturated heterocycles. The third-order valence-corrected chi connectivity index (χ3v) is 5.33. The van der Waals surface area contributed by atoms with Crippen LogP contribution >= 0.6 is 12.4 Å². The van der Waals surface area contributed by atoms with Crippen molar-refractivity contribution < 1.29 is 14.2 Å². The van der Waals surface area contributed by atoms with Gasteiger partial charge in [0.15, 0.2) is 12.4 Å². The predicted octanol–water partition coefficient (Wildman–Crippen LogP) is 4.92. The molecule has 0 aromatic carbocycles. The molecule has 6 heteroatoms. The predicted molar refractivity (Wildman–Crippen MR) is 126 cm³/mol. The Morgan fingerprint density at radius 3 is 2.03 bits per heavy atom. The maximum absolute atomic E-state index is 12.4. The van der Waals surface area contributed by atoms with Gasteiger partial charge in [0.25, 0.3) is 11.8 Å². The van der Waals surface area contributed by atoms with Gasteiger partial charge in [0.1, 0.15) is 5.56 Å². The van der Waals surface area contributed by atoms with Crippen LogP contribution in [0.2, 0.25) is 0 Å². The lowest BCUT2D eigenvalue weighted by Gasteiger charge is -2.17. The summed E-state index contributed by atoms with van der Waals surface area (Å²) in [6.45, 7) is 8.54. The van der Waals surface area contributed by atoms with Crippen LogP contribution in [0, 0.1) is 0 Å². The maximum Gasteiger partial charge on any atom is 0.285 e. The molecule has 1 aromatic rings. The molecule has 1 aromatic heterocycles. The van der Waals surface area contributed by atoms with Gasteiger partial charge in [-0.3, -0.25) is 9.59 Å². The molecular formula is C24H43ClN3O2+. The molecule has 0 bridgehead atoms. The summed E-state index contributed by atoms with van der Waals surface area (Å²) in [4.78, 5) is 26.4. The summed E-state index contributed by atoms with van der Waals surface area (Å²) >= 11 is 0. The Kier molecular flexibility index (Phi) is 17.2. The molecule has 30 heavy (non-hydrogen) atoms. The first-order valence-corrected chi connectivity index (χ1v) is 11.7. The van der Waals surface area contributed by atoms with Gasteiger partial charge in [-0.25, -0.2) is 0 Å². The minimum absolute atomic E-state index is 0. The average molecular weight is 441 g/mol. The van der Waals surface area contributed by atoms with Crippen LogP contribution in [0.1, 0.15) is 95.3 Å².